The quantitative estimate of drug-likeness (QED) is 0.856. The first-order valence-electron chi connectivity index (χ1n) is 6.16. The summed E-state index contributed by atoms with van der Waals surface area (Å²) in [6, 6.07) is 8.02. The molecule has 0 aliphatic carbocycles. The Kier molecular flexibility index (Phi) is 4.68. The van der Waals surface area contributed by atoms with Crippen molar-refractivity contribution in [2.24, 2.45) is 0 Å². The van der Waals surface area contributed by atoms with Crippen LogP contribution in [0.25, 0.3) is 11.4 Å². The van der Waals surface area contributed by atoms with E-state index in [1.165, 1.54) is 22.9 Å². The van der Waals surface area contributed by atoms with Gasteiger partial charge in [0, 0.05) is 25.1 Å². The molecule has 0 aliphatic rings. The van der Waals surface area contributed by atoms with Gasteiger partial charge in [0.05, 0.1) is 11.4 Å². The van der Waals surface area contributed by atoms with Gasteiger partial charge in [0.1, 0.15) is 0 Å². The highest BCUT2D eigenvalue weighted by Gasteiger charge is 2.03. The lowest BCUT2D eigenvalue weighted by molar-refractivity contribution is -0.109. The fraction of sp³-hybridized carbons (Fsp3) is 0.267. The van der Waals surface area contributed by atoms with Gasteiger partial charge in [0.25, 0.3) is 0 Å². The molecule has 2 aromatic rings. The molecule has 2 rings (SSSR count). The van der Waals surface area contributed by atoms with Gasteiger partial charge in [0.2, 0.25) is 0 Å². The molecule has 0 aliphatic heterocycles. The van der Waals surface area contributed by atoms with Gasteiger partial charge in [-0.1, -0.05) is 11.8 Å². The molecule has 0 amide bonds. The number of aryl methyl sites for hydroxylation is 2. The Labute approximate surface area is 117 Å². The molecule has 19 heavy (non-hydrogen) atoms. The van der Waals surface area contributed by atoms with E-state index in [1.54, 1.807) is 19.3 Å². The van der Waals surface area contributed by atoms with Crippen molar-refractivity contribution in [2.45, 2.75) is 20.3 Å². The summed E-state index contributed by atoms with van der Waals surface area (Å²) in [6.07, 6.45) is 4.46. The lowest BCUT2D eigenvalue weighted by atomic mass is 10.1. The predicted octanol–water partition coefficient (Wildman–Crippen LogP) is 3.27. The lowest BCUT2D eigenvalue weighted by Crippen LogP contribution is -1.94. The van der Waals surface area contributed by atoms with Gasteiger partial charge in [-0.3, -0.25) is 14.8 Å². The van der Waals surface area contributed by atoms with Crippen molar-refractivity contribution in [1.29, 1.82) is 0 Å². The number of hydrogen-bond donors (Lipinski definition) is 0. The minimum Gasteiger partial charge on any atom is -0.288 e. The van der Waals surface area contributed by atoms with Gasteiger partial charge in [-0.05, 0) is 48.7 Å². The zero-order valence-electron chi connectivity index (χ0n) is 11.1. The highest BCUT2D eigenvalue weighted by atomic mass is 32.2. The summed E-state index contributed by atoms with van der Waals surface area (Å²) < 4.78 is 0. The molecule has 0 radical (unpaired) electrons. The van der Waals surface area contributed by atoms with Crippen molar-refractivity contribution in [3.63, 3.8) is 0 Å². The Balaban J connectivity index is 2.13. The standard InChI is InChI=1S/C15H16N2OS/c1-11-3-6-16-14(9-11)15-10-13(4-7-17-15)5-8-19-12(2)18/h3-4,6-7,9-10H,5,8H2,1-2H3. The summed E-state index contributed by atoms with van der Waals surface area (Å²) in [5, 5.41) is 0.162. The zero-order chi connectivity index (χ0) is 13.7. The molecular formula is C15H16N2OS. The van der Waals surface area contributed by atoms with Gasteiger partial charge in [-0.2, -0.15) is 0 Å². The van der Waals surface area contributed by atoms with Gasteiger partial charge in [-0.25, -0.2) is 0 Å². The first-order chi connectivity index (χ1) is 9.15. The first-order valence-corrected chi connectivity index (χ1v) is 7.15. The fourth-order valence-electron chi connectivity index (χ4n) is 1.76. The van der Waals surface area contributed by atoms with Crippen LogP contribution >= 0.6 is 11.8 Å². The molecule has 98 valence electrons. The molecule has 0 spiro atoms. The van der Waals surface area contributed by atoms with Gasteiger partial charge in [-0.15, -0.1) is 0 Å². The summed E-state index contributed by atoms with van der Waals surface area (Å²) in [5.41, 5.74) is 4.13. The molecule has 2 aromatic heterocycles. The average molecular weight is 272 g/mol. The Hall–Kier alpha value is -1.68. The SMILES string of the molecule is CC(=O)SCCc1ccnc(-c2cc(C)ccn2)c1. The molecular weight excluding hydrogens is 256 g/mol. The smallest absolute Gasteiger partial charge is 0.185 e. The molecule has 0 unspecified atom stereocenters. The zero-order valence-corrected chi connectivity index (χ0v) is 11.9. The van der Waals surface area contributed by atoms with Crippen LogP contribution in [0.5, 0.6) is 0 Å². The minimum atomic E-state index is 0.162. The second-order valence-corrected chi connectivity index (χ2v) is 5.63. The van der Waals surface area contributed by atoms with Crippen LogP contribution in [0.2, 0.25) is 0 Å². The third-order valence-electron chi connectivity index (χ3n) is 2.70. The summed E-state index contributed by atoms with van der Waals surface area (Å²) in [5.74, 6) is 0.806. The normalized spacial score (nSPS) is 10.4. The second kappa shape index (κ2) is 6.48. The number of carbonyl (C=O) groups is 1. The Morgan fingerprint density at radius 3 is 2.53 bits per heavy atom. The van der Waals surface area contributed by atoms with Crippen molar-refractivity contribution in [2.75, 3.05) is 5.75 Å². The highest BCUT2D eigenvalue weighted by molar-refractivity contribution is 8.13. The van der Waals surface area contributed by atoms with E-state index < -0.39 is 0 Å². The van der Waals surface area contributed by atoms with Crippen LogP contribution in [0.4, 0.5) is 0 Å². The van der Waals surface area contributed by atoms with Gasteiger partial charge < -0.3 is 0 Å². The Bertz CT molecular complexity index is 584. The monoisotopic (exact) mass is 272 g/mol. The molecule has 3 nitrogen and oxygen atoms in total. The number of aromatic nitrogens is 2. The molecule has 0 atom stereocenters. The van der Waals surface area contributed by atoms with E-state index in [-0.39, 0.29) is 5.12 Å². The third-order valence-corrected chi connectivity index (χ3v) is 3.51. The van der Waals surface area contributed by atoms with Crippen LogP contribution in [-0.2, 0) is 11.2 Å². The topological polar surface area (TPSA) is 42.9 Å². The Morgan fingerprint density at radius 2 is 1.84 bits per heavy atom. The van der Waals surface area contributed by atoms with Crippen molar-refractivity contribution < 1.29 is 4.79 Å². The van der Waals surface area contributed by atoms with Crippen molar-refractivity contribution in [1.82, 2.24) is 9.97 Å². The number of nitrogens with zero attached hydrogens (tertiary/aromatic N) is 2. The number of rotatable bonds is 4. The van der Waals surface area contributed by atoms with Crippen LogP contribution in [-0.4, -0.2) is 20.8 Å². The van der Waals surface area contributed by atoms with E-state index >= 15 is 0 Å². The number of thioether (sulfide) groups is 1. The van der Waals surface area contributed by atoms with E-state index in [1.807, 2.05) is 31.2 Å². The van der Waals surface area contributed by atoms with E-state index in [9.17, 15) is 4.79 Å². The molecule has 0 bridgehead atoms. The number of pyridine rings is 2. The maximum absolute atomic E-state index is 10.9. The molecule has 4 heteroatoms. The van der Waals surface area contributed by atoms with Crippen molar-refractivity contribution >= 4 is 16.9 Å². The van der Waals surface area contributed by atoms with Crippen LogP contribution in [0.15, 0.2) is 36.7 Å². The van der Waals surface area contributed by atoms with Gasteiger partial charge in [0.15, 0.2) is 5.12 Å². The third kappa shape index (κ3) is 4.17. The molecule has 0 aromatic carbocycles. The summed E-state index contributed by atoms with van der Waals surface area (Å²) >= 11 is 1.36. The largest absolute Gasteiger partial charge is 0.288 e. The summed E-state index contributed by atoms with van der Waals surface area (Å²) in [6.45, 7) is 3.64. The summed E-state index contributed by atoms with van der Waals surface area (Å²) in [4.78, 5) is 19.6. The lowest BCUT2D eigenvalue weighted by Gasteiger charge is -2.04. The van der Waals surface area contributed by atoms with Gasteiger partial charge >= 0.3 is 0 Å². The predicted molar refractivity (Wildman–Crippen MR) is 79.0 cm³/mol. The molecule has 0 fully saturated rings. The fourth-order valence-corrected chi connectivity index (χ4v) is 2.38. The molecule has 0 saturated heterocycles. The molecule has 0 N–H and O–H groups in total. The molecule has 2 heterocycles. The second-order valence-electron chi connectivity index (χ2n) is 4.36. The summed E-state index contributed by atoms with van der Waals surface area (Å²) in [7, 11) is 0. The minimum absolute atomic E-state index is 0.162. The van der Waals surface area contributed by atoms with Crippen LogP contribution in [0.3, 0.4) is 0 Å². The first kappa shape index (κ1) is 13.7. The van der Waals surface area contributed by atoms with Crippen LogP contribution in [0.1, 0.15) is 18.1 Å². The van der Waals surface area contributed by atoms with E-state index in [0.717, 1.165) is 23.6 Å². The van der Waals surface area contributed by atoms with Crippen molar-refractivity contribution in [3.05, 3.63) is 47.8 Å². The number of carbonyl (C=O) groups excluding carboxylic acids is 1. The van der Waals surface area contributed by atoms with Crippen molar-refractivity contribution in [3.8, 4) is 11.4 Å². The maximum Gasteiger partial charge on any atom is 0.185 e. The van der Waals surface area contributed by atoms with Crippen LogP contribution < -0.4 is 0 Å². The highest BCUT2D eigenvalue weighted by Crippen LogP contribution is 2.17. The average Bonchev–Trinajstić information content (AvgIpc) is 2.39. The van der Waals surface area contributed by atoms with E-state index in [2.05, 4.69) is 9.97 Å². The molecule has 0 saturated carbocycles. The van der Waals surface area contributed by atoms with E-state index in [4.69, 9.17) is 0 Å². The van der Waals surface area contributed by atoms with Crippen LogP contribution in [0, 0.1) is 6.92 Å². The maximum atomic E-state index is 10.9. The Morgan fingerprint density at radius 1 is 1.16 bits per heavy atom. The number of hydrogen-bond acceptors (Lipinski definition) is 4. The van der Waals surface area contributed by atoms with E-state index in [0.29, 0.717) is 0 Å².